The Morgan fingerprint density at radius 3 is 2.30 bits per heavy atom. The average molecular weight is 306 g/mol. The van der Waals surface area contributed by atoms with Gasteiger partial charge in [0.15, 0.2) is 5.82 Å². The molecule has 0 aliphatic rings. The first-order chi connectivity index (χ1) is 11.2. The number of hydrogen-bond acceptors (Lipinski definition) is 4. The lowest BCUT2D eigenvalue weighted by atomic mass is 10.2. The molecule has 0 saturated heterocycles. The van der Waals surface area contributed by atoms with Crippen molar-refractivity contribution in [2.24, 2.45) is 5.10 Å². The molecule has 6 heteroatoms. The Kier molecular flexibility index (Phi) is 3.97. The molecule has 3 rings (SSSR count). The monoisotopic (exact) mass is 306 g/mol. The molecular formula is C17H14N4O2. The second-order valence-electron chi connectivity index (χ2n) is 4.88. The van der Waals surface area contributed by atoms with Gasteiger partial charge in [0.25, 0.3) is 5.91 Å². The summed E-state index contributed by atoms with van der Waals surface area (Å²) < 4.78 is 1.93. The highest BCUT2D eigenvalue weighted by atomic mass is 16.2. The Morgan fingerprint density at radius 2 is 1.65 bits per heavy atom. The standard InChI is InChI=1S/C17H14N4O2/c1-13-19-21(16(22)15-10-6-3-7-11-15)17(23)20(13)18-12-14-8-4-2-5-9-14/h2-12H,1H3/b18-12+. The lowest BCUT2D eigenvalue weighted by Crippen LogP contribution is -2.29. The van der Waals surface area contributed by atoms with Crippen LogP contribution >= 0.6 is 0 Å². The molecule has 114 valence electrons. The summed E-state index contributed by atoms with van der Waals surface area (Å²) in [5, 5.41) is 8.12. The van der Waals surface area contributed by atoms with Crippen LogP contribution in [0.1, 0.15) is 21.7 Å². The molecule has 0 amide bonds. The molecule has 0 bridgehead atoms. The summed E-state index contributed by atoms with van der Waals surface area (Å²) in [5.41, 5.74) is 0.649. The van der Waals surface area contributed by atoms with Crippen molar-refractivity contribution in [3.05, 3.63) is 88.1 Å². The second-order valence-corrected chi connectivity index (χ2v) is 4.88. The van der Waals surface area contributed by atoms with Gasteiger partial charge in [0.1, 0.15) is 0 Å². The molecule has 0 N–H and O–H groups in total. The van der Waals surface area contributed by atoms with Crippen LogP contribution in [0.2, 0.25) is 0 Å². The van der Waals surface area contributed by atoms with Gasteiger partial charge < -0.3 is 0 Å². The topological polar surface area (TPSA) is 69.2 Å². The van der Waals surface area contributed by atoms with Crippen LogP contribution in [0.4, 0.5) is 0 Å². The van der Waals surface area contributed by atoms with E-state index in [0.717, 1.165) is 14.9 Å². The third kappa shape index (κ3) is 3.01. The van der Waals surface area contributed by atoms with Crippen molar-refractivity contribution < 1.29 is 4.79 Å². The number of nitrogens with zero attached hydrogens (tertiary/aromatic N) is 4. The lowest BCUT2D eigenvalue weighted by molar-refractivity contribution is 0.0940. The van der Waals surface area contributed by atoms with E-state index in [9.17, 15) is 9.59 Å². The van der Waals surface area contributed by atoms with Crippen molar-refractivity contribution in [3.63, 3.8) is 0 Å². The fraction of sp³-hybridized carbons (Fsp3) is 0.0588. The summed E-state index contributed by atoms with van der Waals surface area (Å²) in [7, 11) is 0. The van der Waals surface area contributed by atoms with E-state index in [2.05, 4.69) is 10.2 Å². The van der Waals surface area contributed by atoms with Crippen molar-refractivity contribution in [1.82, 2.24) is 14.5 Å². The summed E-state index contributed by atoms with van der Waals surface area (Å²) >= 11 is 0. The minimum atomic E-state index is -0.594. The molecule has 23 heavy (non-hydrogen) atoms. The van der Waals surface area contributed by atoms with Gasteiger partial charge in [0, 0.05) is 5.56 Å². The van der Waals surface area contributed by atoms with Crippen LogP contribution in [0.3, 0.4) is 0 Å². The number of aromatic nitrogens is 3. The molecule has 2 aromatic carbocycles. The summed E-state index contributed by atoms with van der Waals surface area (Å²) in [5.74, 6) is -0.140. The molecule has 0 radical (unpaired) electrons. The smallest absolute Gasteiger partial charge is 0.267 e. The second kappa shape index (κ2) is 6.23. The van der Waals surface area contributed by atoms with Gasteiger partial charge in [-0.05, 0) is 24.6 Å². The molecule has 1 heterocycles. The molecule has 1 aromatic heterocycles. The van der Waals surface area contributed by atoms with Crippen molar-refractivity contribution in [2.45, 2.75) is 6.92 Å². The Bertz CT molecular complexity index is 909. The highest BCUT2D eigenvalue weighted by Crippen LogP contribution is 2.01. The van der Waals surface area contributed by atoms with Crippen LogP contribution < -0.4 is 5.69 Å². The molecule has 0 spiro atoms. The molecule has 0 aliphatic heterocycles. The molecule has 0 saturated carbocycles. The number of carbonyl (C=O) groups excluding carboxylic acids is 1. The van der Waals surface area contributed by atoms with E-state index in [1.807, 2.05) is 30.3 Å². The van der Waals surface area contributed by atoms with E-state index in [1.165, 1.54) is 0 Å². The van der Waals surface area contributed by atoms with Crippen molar-refractivity contribution in [2.75, 3.05) is 0 Å². The third-order valence-electron chi connectivity index (χ3n) is 3.25. The van der Waals surface area contributed by atoms with E-state index in [1.54, 1.807) is 43.5 Å². The summed E-state index contributed by atoms with van der Waals surface area (Å²) in [6.07, 6.45) is 1.55. The maximum absolute atomic E-state index is 12.4. The molecule has 0 unspecified atom stereocenters. The first-order valence-electron chi connectivity index (χ1n) is 7.04. The van der Waals surface area contributed by atoms with E-state index >= 15 is 0 Å². The number of carbonyl (C=O) groups is 1. The van der Waals surface area contributed by atoms with Gasteiger partial charge in [0.05, 0.1) is 6.21 Å². The fourth-order valence-electron chi connectivity index (χ4n) is 2.09. The first-order valence-corrected chi connectivity index (χ1v) is 7.04. The van der Waals surface area contributed by atoms with E-state index in [4.69, 9.17) is 0 Å². The van der Waals surface area contributed by atoms with E-state index in [-0.39, 0.29) is 0 Å². The van der Waals surface area contributed by atoms with E-state index in [0.29, 0.717) is 11.4 Å². The van der Waals surface area contributed by atoms with Crippen LogP contribution in [0.15, 0.2) is 70.6 Å². The highest BCUT2D eigenvalue weighted by Gasteiger charge is 2.16. The zero-order chi connectivity index (χ0) is 16.2. The van der Waals surface area contributed by atoms with Gasteiger partial charge in [0.2, 0.25) is 0 Å². The third-order valence-corrected chi connectivity index (χ3v) is 3.25. The zero-order valence-electron chi connectivity index (χ0n) is 12.5. The summed E-state index contributed by atoms with van der Waals surface area (Å²) in [6.45, 7) is 1.62. The molecule has 0 aliphatic carbocycles. The number of benzene rings is 2. The Labute approximate surface area is 132 Å². The maximum Gasteiger partial charge on any atom is 0.374 e. The van der Waals surface area contributed by atoms with Gasteiger partial charge in [-0.3, -0.25) is 4.79 Å². The minimum absolute atomic E-state index is 0.339. The van der Waals surface area contributed by atoms with Gasteiger partial charge in [-0.25, -0.2) is 4.79 Å². The maximum atomic E-state index is 12.4. The fourth-order valence-corrected chi connectivity index (χ4v) is 2.09. The van der Waals surface area contributed by atoms with Crippen molar-refractivity contribution in [1.29, 1.82) is 0 Å². The molecule has 6 nitrogen and oxygen atoms in total. The normalized spacial score (nSPS) is 11.0. The summed E-state index contributed by atoms with van der Waals surface area (Å²) in [4.78, 5) is 24.7. The minimum Gasteiger partial charge on any atom is -0.267 e. The van der Waals surface area contributed by atoms with E-state index < -0.39 is 11.6 Å². The average Bonchev–Trinajstić information content (AvgIpc) is 2.88. The SMILES string of the molecule is Cc1nn(C(=O)c2ccccc2)c(=O)n1/N=C/c1ccccc1. The molecule has 0 fully saturated rings. The largest absolute Gasteiger partial charge is 0.374 e. The quantitative estimate of drug-likeness (QED) is 0.694. The van der Waals surface area contributed by atoms with Gasteiger partial charge in [-0.15, -0.1) is 9.78 Å². The molecular weight excluding hydrogens is 292 g/mol. The Balaban J connectivity index is 1.96. The predicted octanol–water partition coefficient (Wildman–Crippen LogP) is 1.92. The van der Waals surface area contributed by atoms with Gasteiger partial charge in [-0.2, -0.15) is 9.78 Å². The van der Waals surface area contributed by atoms with Crippen molar-refractivity contribution >= 4 is 12.1 Å². The summed E-state index contributed by atoms with van der Waals surface area (Å²) in [6, 6.07) is 17.9. The van der Waals surface area contributed by atoms with Crippen LogP contribution in [0.25, 0.3) is 0 Å². The highest BCUT2D eigenvalue weighted by molar-refractivity contribution is 5.95. The Morgan fingerprint density at radius 1 is 1.04 bits per heavy atom. The predicted molar refractivity (Wildman–Crippen MR) is 86.8 cm³/mol. The van der Waals surface area contributed by atoms with Gasteiger partial charge in [-0.1, -0.05) is 48.5 Å². The molecule has 0 atom stereocenters. The number of aryl methyl sites for hydroxylation is 1. The number of hydrogen-bond donors (Lipinski definition) is 0. The van der Waals surface area contributed by atoms with Crippen LogP contribution in [-0.2, 0) is 0 Å². The van der Waals surface area contributed by atoms with Crippen LogP contribution in [0, 0.1) is 6.92 Å². The first kappa shape index (κ1) is 14.6. The van der Waals surface area contributed by atoms with Gasteiger partial charge >= 0.3 is 5.69 Å². The van der Waals surface area contributed by atoms with Crippen LogP contribution in [0.5, 0.6) is 0 Å². The van der Waals surface area contributed by atoms with Crippen LogP contribution in [-0.4, -0.2) is 26.6 Å². The lowest BCUT2D eigenvalue weighted by Gasteiger charge is -1.97. The number of rotatable bonds is 3. The molecule has 3 aromatic rings. The zero-order valence-corrected chi connectivity index (χ0v) is 12.5. The Hall–Kier alpha value is -3.28. The van der Waals surface area contributed by atoms with Crippen molar-refractivity contribution in [3.8, 4) is 0 Å².